The van der Waals surface area contributed by atoms with E-state index < -0.39 is 0 Å². The van der Waals surface area contributed by atoms with E-state index in [-0.39, 0.29) is 23.6 Å². The molecule has 0 aromatic heterocycles. The van der Waals surface area contributed by atoms with Gasteiger partial charge in [-0.2, -0.15) is 4.79 Å². The van der Waals surface area contributed by atoms with Crippen LogP contribution in [0.25, 0.3) is 5.53 Å². The molecule has 17 heavy (non-hydrogen) atoms. The third kappa shape index (κ3) is 1.49. The number of hydrogen-bond donors (Lipinski definition) is 0. The monoisotopic (exact) mass is 225 g/mol. The van der Waals surface area contributed by atoms with Crippen molar-refractivity contribution < 1.29 is 14.3 Å². The largest absolute Gasteiger partial charge is 0.452 e. The third-order valence-electron chi connectivity index (χ3n) is 2.58. The summed E-state index contributed by atoms with van der Waals surface area (Å²) in [4.78, 5) is 19.0. The Morgan fingerprint density at radius 3 is 3.00 bits per heavy atom. The second-order valence-electron chi connectivity index (χ2n) is 3.73. The van der Waals surface area contributed by atoms with Gasteiger partial charge in [0.15, 0.2) is 23.0 Å². The van der Waals surface area contributed by atoms with Crippen molar-refractivity contribution in [1.29, 1.82) is 0 Å². The van der Waals surface area contributed by atoms with Gasteiger partial charge in [-0.25, -0.2) is 4.99 Å². The minimum Gasteiger partial charge on any atom is -0.452 e. The fourth-order valence-electron chi connectivity index (χ4n) is 1.79. The highest BCUT2D eigenvalue weighted by Gasteiger charge is 2.32. The molecule has 0 unspecified atom stereocenters. The van der Waals surface area contributed by atoms with E-state index in [9.17, 15) is 4.79 Å². The van der Waals surface area contributed by atoms with Crippen LogP contribution in [0.4, 0.5) is 5.69 Å². The first kappa shape index (κ1) is 9.69. The van der Waals surface area contributed by atoms with Crippen LogP contribution >= 0.6 is 0 Å². The standard InChI is InChI=1S/C12H7N3O2/c13-15-7-5-9(16)12-11(6-7)17-10-4-2-1-3-8(10)14-12/h1-4,6H,5H2. The molecular weight excluding hydrogens is 218 g/mol. The van der Waals surface area contributed by atoms with Crippen molar-refractivity contribution in [2.75, 3.05) is 0 Å². The Morgan fingerprint density at radius 2 is 2.18 bits per heavy atom. The van der Waals surface area contributed by atoms with Gasteiger partial charge in [-0.15, -0.1) is 0 Å². The summed E-state index contributed by atoms with van der Waals surface area (Å²) in [7, 11) is 0. The van der Waals surface area contributed by atoms with Crippen molar-refractivity contribution >= 4 is 22.9 Å². The quantitative estimate of drug-likeness (QED) is 0.497. The number of carbonyl (C=O) groups excluding carboxylic acids is 1. The molecule has 3 rings (SSSR count). The van der Waals surface area contributed by atoms with Crippen LogP contribution in [-0.2, 0) is 4.79 Å². The molecule has 2 aliphatic rings. The van der Waals surface area contributed by atoms with Gasteiger partial charge in [0, 0.05) is 0 Å². The van der Waals surface area contributed by atoms with Gasteiger partial charge in [0.1, 0.15) is 12.1 Å². The fourth-order valence-corrected chi connectivity index (χ4v) is 1.79. The molecule has 82 valence electrons. The molecule has 0 spiro atoms. The molecule has 1 heterocycles. The van der Waals surface area contributed by atoms with E-state index in [1.165, 1.54) is 6.08 Å². The number of aliphatic imine (C=N–C) groups is 1. The molecule has 0 fully saturated rings. The minimum atomic E-state index is -0.204. The molecule has 5 nitrogen and oxygen atoms in total. The first-order chi connectivity index (χ1) is 8.28. The van der Waals surface area contributed by atoms with E-state index >= 15 is 0 Å². The molecule has 0 amide bonds. The lowest BCUT2D eigenvalue weighted by atomic mass is 9.99. The normalized spacial score (nSPS) is 17.2. The van der Waals surface area contributed by atoms with Gasteiger partial charge in [-0.05, 0) is 12.1 Å². The van der Waals surface area contributed by atoms with Crippen molar-refractivity contribution in [2.24, 2.45) is 4.99 Å². The SMILES string of the molecule is [N-]=[N+]=C1C=C2Oc3ccccc3N=C2C(=O)C1. The summed E-state index contributed by atoms with van der Waals surface area (Å²) in [5, 5.41) is 0. The van der Waals surface area contributed by atoms with Crippen LogP contribution in [0, 0.1) is 0 Å². The van der Waals surface area contributed by atoms with Crippen LogP contribution in [0.5, 0.6) is 5.75 Å². The maximum absolute atomic E-state index is 11.8. The zero-order valence-electron chi connectivity index (χ0n) is 8.75. The maximum atomic E-state index is 11.8. The number of ketones is 1. The summed E-state index contributed by atoms with van der Waals surface area (Å²) in [6, 6.07) is 7.20. The number of ether oxygens (including phenoxy) is 1. The Labute approximate surface area is 96.7 Å². The molecule has 1 aromatic rings. The van der Waals surface area contributed by atoms with Gasteiger partial charge < -0.3 is 10.3 Å². The molecule has 1 aliphatic heterocycles. The van der Waals surface area contributed by atoms with Crippen LogP contribution in [-0.4, -0.2) is 22.0 Å². The van der Waals surface area contributed by atoms with Crippen LogP contribution in [0.1, 0.15) is 6.42 Å². The number of fused-ring (bicyclic) bond motifs is 2. The summed E-state index contributed by atoms with van der Waals surface area (Å²) < 4.78 is 5.56. The van der Waals surface area contributed by atoms with Crippen molar-refractivity contribution in [1.82, 2.24) is 0 Å². The molecule has 0 atom stereocenters. The van der Waals surface area contributed by atoms with Gasteiger partial charge >= 0.3 is 5.71 Å². The van der Waals surface area contributed by atoms with Gasteiger partial charge in [0.05, 0.1) is 6.08 Å². The zero-order valence-corrected chi connectivity index (χ0v) is 8.75. The maximum Gasteiger partial charge on any atom is 0.303 e. The van der Waals surface area contributed by atoms with Gasteiger partial charge in [-0.3, -0.25) is 4.79 Å². The Hall–Kier alpha value is -2.52. The highest BCUT2D eigenvalue weighted by atomic mass is 16.5. The summed E-state index contributed by atoms with van der Waals surface area (Å²) >= 11 is 0. The number of nitrogens with zero attached hydrogens (tertiary/aromatic N) is 3. The van der Waals surface area contributed by atoms with E-state index in [0.29, 0.717) is 17.2 Å². The van der Waals surface area contributed by atoms with E-state index in [2.05, 4.69) is 9.78 Å². The Morgan fingerprint density at radius 1 is 1.35 bits per heavy atom. The van der Waals surface area contributed by atoms with Gasteiger partial charge in [0.2, 0.25) is 0 Å². The summed E-state index contributed by atoms with van der Waals surface area (Å²) in [5.74, 6) is 0.729. The van der Waals surface area contributed by atoms with Crippen molar-refractivity contribution in [3.8, 4) is 5.75 Å². The number of para-hydroxylation sites is 2. The molecule has 1 aliphatic carbocycles. The molecule has 0 N–H and O–H groups in total. The van der Waals surface area contributed by atoms with Gasteiger partial charge in [-0.1, -0.05) is 12.1 Å². The van der Waals surface area contributed by atoms with Crippen molar-refractivity contribution in [2.45, 2.75) is 6.42 Å². The summed E-state index contributed by atoms with van der Waals surface area (Å²) in [6.45, 7) is 0. The number of hydrogen-bond acceptors (Lipinski definition) is 3. The highest BCUT2D eigenvalue weighted by molar-refractivity contribution is 6.51. The van der Waals surface area contributed by atoms with Crippen LogP contribution in [0.3, 0.4) is 0 Å². The first-order valence-corrected chi connectivity index (χ1v) is 5.10. The fraction of sp³-hybridized carbons (Fsp3) is 0.0833. The number of benzene rings is 1. The second kappa shape index (κ2) is 3.50. The Balaban J connectivity index is 2.19. The smallest absolute Gasteiger partial charge is 0.303 e. The number of allylic oxidation sites excluding steroid dienone is 2. The van der Waals surface area contributed by atoms with Gasteiger partial charge in [0.25, 0.3) is 0 Å². The van der Waals surface area contributed by atoms with Crippen LogP contribution in [0.15, 0.2) is 41.1 Å². The average molecular weight is 225 g/mol. The third-order valence-corrected chi connectivity index (χ3v) is 2.58. The molecule has 5 heteroatoms. The van der Waals surface area contributed by atoms with E-state index in [1.54, 1.807) is 12.1 Å². The summed E-state index contributed by atoms with van der Waals surface area (Å²) in [5.41, 5.74) is 9.90. The van der Waals surface area contributed by atoms with Crippen molar-refractivity contribution in [3.05, 3.63) is 41.6 Å². The molecule has 0 saturated heterocycles. The molecule has 1 aromatic carbocycles. The predicted octanol–water partition coefficient (Wildman–Crippen LogP) is 1.68. The number of Topliss-reactive ketones (excluding diaryl/α,β-unsaturated/α-hetero) is 1. The van der Waals surface area contributed by atoms with E-state index in [0.717, 1.165) is 0 Å². The lowest BCUT2D eigenvalue weighted by Crippen LogP contribution is -2.29. The average Bonchev–Trinajstić information content (AvgIpc) is 2.36. The minimum absolute atomic E-state index is 0.0460. The zero-order chi connectivity index (χ0) is 11.8. The lowest BCUT2D eigenvalue weighted by Gasteiger charge is -2.19. The Kier molecular flexibility index (Phi) is 2.00. The number of rotatable bonds is 0. The Bertz CT molecular complexity index is 637. The highest BCUT2D eigenvalue weighted by Crippen LogP contribution is 2.34. The van der Waals surface area contributed by atoms with Crippen LogP contribution in [0.2, 0.25) is 0 Å². The molecule has 0 bridgehead atoms. The first-order valence-electron chi connectivity index (χ1n) is 5.10. The lowest BCUT2D eigenvalue weighted by molar-refractivity contribution is -0.112. The van der Waals surface area contributed by atoms with Crippen LogP contribution < -0.4 is 4.74 Å². The molecule has 0 radical (unpaired) electrons. The van der Waals surface area contributed by atoms with E-state index in [1.807, 2.05) is 12.1 Å². The van der Waals surface area contributed by atoms with E-state index in [4.69, 9.17) is 10.3 Å². The second-order valence-corrected chi connectivity index (χ2v) is 3.73. The topological polar surface area (TPSA) is 75.1 Å². The predicted molar refractivity (Wildman–Crippen MR) is 60.5 cm³/mol. The molecular formula is C12H7N3O2. The summed E-state index contributed by atoms with van der Waals surface area (Å²) in [6.07, 6.45) is 1.57. The molecule has 0 saturated carbocycles. The van der Waals surface area contributed by atoms with Crippen molar-refractivity contribution in [3.63, 3.8) is 0 Å². The number of carbonyl (C=O) groups is 1.